The van der Waals surface area contributed by atoms with E-state index in [2.05, 4.69) is 35.0 Å². The number of benzene rings is 3. The summed E-state index contributed by atoms with van der Waals surface area (Å²) in [6.07, 6.45) is 0. The van der Waals surface area contributed by atoms with Gasteiger partial charge < -0.3 is 19.0 Å². The summed E-state index contributed by atoms with van der Waals surface area (Å²) in [5.74, 6) is 0.567. The van der Waals surface area contributed by atoms with Gasteiger partial charge in [0.25, 0.3) is 5.91 Å². The first-order chi connectivity index (χ1) is 14.2. The van der Waals surface area contributed by atoms with Crippen molar-refractivity contribution in [3.8, 4) is 5.75 Å². The topological polar surface area (TPSA) is 56.4 Å². The Bertz CT molecular complexity index is 1380. The zero-order chi connectivity index (χ0) is 20.0. The second-order valence-corrected chi connectivity index (χ2v) is 6.94. The fourth-order valence-corrected chi connectivity index (χ4v) is 3.97. The van der Waals surface area contributed by atoms with Crippen LogP contribution < -0.4 is 10.1 Å². The molecule has 5 heteroatoms. The minimum atomic E-state index is -0.290. The average molecular weight is 384 g/mol. The van der Waals surface area contributed by atoms with Crippen LogP contribution in [-0.2, 0) is 6.54 Å². The number of fused-ring (bicyclic) bond motifs is 4. The number of nitrogens with one attached hydrogen (secondary N) is 1. The highest BCUT2D eigenvalue weighted by molar-refractivity contribution is 6.11. The van der Waals surface area contributed by atoms with Crippen LogP contribution in [0.15, 0.2) is 71.1 Å². The summed E-state index contributed by atoms with van der Waals surface area (Å²) in [7, 11) is 1.58. The molecule has 0 spiro atoms. The Morgan fingerprint density at radius 1 is 1.00 bits per heavy atom. The Morgan fingerprint density at radius 2 is 1.83 bits per heavy atom. The summed E-state index contributed by atoms with van der Waals surface area (Å²) < 4.78 is 13.4. The number of furan rings is 1. The molecule has 1 N–H and O–H groups in total. The molecule has 0 fully saturated rings. The van der Waals surface area contributed by atoms with Gasteiger partial charge in [0, 0.05) is 39.4 Å². The molecular weight excluding hydrogens is 364 g/mol. The summed E-state index contributed by atoms with van der Waals surface area (Å²) in [5.41, 5.74) is 3.65. The first-order valence-electron chi connectivity index (χ1n) is 9.58. The SMILES string of the molecule is CCn1c2ccccc2c2cc(NC(=O)c3cc4cccc(OC)c4o3)ccc21. The van der Waals surface area contributed by atoms with Gasteiger partial charge in [0.2, 0.25) is 0 Å². The van der Waals surface area contributed by atoms with E-state index in [1.54, 1.807) is 13.2 Å². The van der Waals surface area contributed by atoms with Gasteiger partial charge in [-0.2, -0.15) is 0 Å². The van der Waals surface area contributed by atoms with Crippen LogP contribution in [0.1, 0.15) is 17.5 Å². The van der Waals surface area contributed by atoms with Crippen molar-refractivity contribution in [1.82, 2.24) is 4.57 Å². The van der Waals surface area contributed by atoms with Crippen molar-refractivity contribution in [3.63, 3.8) is 0 Å². The van der Waals surface area contributed by atoms with Crippen LogP contribution >= 0.6 is 0 Å². The number of hydrogen-bond acceptors (Lipinski definition) is 3. The van der Waals surface area contributed by atoms with Crippen LogP contribution in [0.3, 0.4) is 0 Å². The third-order valence-electron chi connectivity index (χ3n) is 5.30. The summed E-state index contributed by atoms with van der Waals surface area (Å²) in [6.45, 7) is 3.02. The highest BCUT2D eigenvalue weighted by Crippen LogP contribution is 2.32. The van der Waals surface area contributed by atoms with Crippen LogP contribution in [0, 0.1) is 0 Å². The number of carbonyl (C=O) groups is 1. The number of hydrogen-bond donors (Lipinski definition) is 1. The van der Waals surface area contributed by atoms with E-state index in [-0.39, 0.29) is 11.7 Å². The summed E-state index contributed by atoms with van der Waals surface area (Å²) in [5, 5.41) is 6.08. The first-order valence-corrected chi connectivity index (χ1v) is 9.58. The largest absolute Gasteiger partial charge is 0.493 e. The number of anilines is 1. The van der Waals surface area contributed by atoms with Gasteiger partial charge in [-0.25, -0.2) is 0 Å². The van der Waals surface area contributed by atoms with E-state index < -0.39 is 0 Å². The normalized spacial score (nSPS) is 11.4. The predicted octanol–water partition coefficient (Wildman–Crippen LogP) is 5.82. The maximum atomic E-state index is 12.8. The van der Waals surface area contributed by atoms with Gasteiger partial charge in [0.1, 0.15) is 0 Å². The smallest absolute Gasteiger partial charge is 0.291 e. The molecule has 5 aromatic rings. The monoisotopic (exact) mass is 384 g/mol. The molecule has 144 valence electrons. The molecule has 0 aliphatic heterocycles. The number of carbonyl (C=O) groups excluding carboxylic acids is 1. The Balaban J connectivity index is 1.53. The third kappa shape index (κ3) is 2.74. The van der Waals surface area contributed by atoms with Crippen LogP contribution in [0.25, 0.3) is 32.8 Å². The molecule has 0 aliphatic carbocycles. The Hall–Kier alpha value is -3.73. The van der Waals surface area contributed by atoms with Crippen molar-refractivity contribution in [3.05, 3.63) is 72.5 Å². The first kappa shape index (κ1) is 17.4. The summed E-state index contributed by atoms with van der Waals surface area (Å²) >= 11 is 0. The van der Waals surface area contributed by atoms with Crippen molar-refractivity contribution in [1.29, 1.82) is 0 Å². The number of aromatic nitrogens is 1. The minimum absolute atomic E-state index is 0.251. The minimum Gasteiger partial charge on any atom is -0.493 e. The van der Waals surface area contributed by atoms with E-state index in [4.69, 9.17) is 9.15 Å². The molecule has 3 aromatic carbocycles. The fourth-order valence-electron chi connectivity index (χ4n) is 3.97. The summed E-state index contributed by atoms with van der Waals surface area (Å²) in [6, 6.07) is 21.6. The highest BCUT2D eigenvalue weighted by atomic mass is 16.5. The number of ether oxygens (including phenoxy) is 1. The quantitative estimate of drug-likeness (QED) is 0.425. The molecular formula is C24H20N2O3. The molecule has 5 rings (SSSR count). The van der Waals surface area contributed by atoms with Gasteiger partial charge in [0.05, 0.1) is 7.11 Å². The lowest BCUT2D eigenvalue weighted by molar-refractivity contribution is 0.0998. The van der Waals surface area contributed by atoms with Crippen molar-refractivity contribution in [2.45, 2.75) is 13.5 Å². The summed E-state index contributed by atoms with van der Waals surface area (Å²) in [4.78, 5) is 12.8. The molecule has 29 heavy (non-hydrogen) atoms. The molecule has 0 radical (unpaired) electrons. The third-order valence-corrected chi connectivity index (χ3v) is 5.30. The van der Waals surface area contributed by atoms with Crippen LogP contribution in [0.5, 0.6) is 5.75 Å². The zero-order valence-corrected chi connectivity index (χ0v) is 16.2. The van der Waals surface area contributed by atoms with E-state index in [1.807, 2.05) is 42.5 Å². The number of methoxy groups -OCH3 is 1. The van der Waals surface area contributed by atoms with E-state index in [0.29, 0.717) is 11.3 Å². The number of nitrogens with zero attached hydrogens (tertiary/aromatic N) is 1. The Kier molecular flexibility index (Phi) is 4.02. The van der Waals surface area contributed by atoms with Gasteiger partial charge in [-0.05, 0) is 43.3 Å². The maximum absolute atomic E-state index is 12.8. The molecule has 0 saturated heterocycles. The molecule has 0 unspecified atom stereocenters. The second-order valence-electron chi connectivity index (χ2n) is 6.94. The van der Waals surface area contributed by atoms with Crippen molar-refractivity contribution < 1.29 is 13.9 Å². The van der Waals surface area contributed by atoms with E-state index in [1.165, 1.54) is 10.9 Å². The molecule has 0 atom stereocenters. The zero-order valence-electron chi connectivity index (χ0n) is 16.2. The van der Waals surface area contributed by atoms with Crippen molar-refractivity contribution >= 4 is 44.4 Å². The van der Waals surface area contributed by atoms with Gasteiger partial charge in [-0.3, -0.25) is 4.79 Å². The average Bonchev–Trinajstić information content (AvgIpc) is 3.32. The van der Waals surface area contributed by atoms with E-state index in [0.717, 1.165) is 28.5 Å². The molecule has 0 saturated carbocycles. The number of para-hydroxylation sites is 2. The van der Waals surface area contributed by atoms with Gasteiger partial charge >= 0.3 is 0 Å². The van der Waals surface area contributed by atoms with Crippen molar-refractivity contribution in [2.75, 3.05) is 12.4 Å². The number of rotatable bonds is 4. The molecule has 2 heterocycles. The van der Waals surface area contributed by atoms with E-state index in [9.17, 15) is 4.79 Å². The standard InChI is InChI=1S/C24H20N2O3/c1-3-26-19-9-5-4-8-17(19)18-14-16(11-12-20(18)26)25-24(27)22-13-15-7-6-10-21(28-2)23(15)29-22/h4-14H,3H2,1-2H3,(H,25,27). The fraction of sp³-hybridized carbons (Fsp3) is 0.125. The van der Waals surface area contributed by atoms with Gasteiger partial charge in [0.15, 0.2) is 17.1 Å². The van der Waals surface area contributed by atoms with Gasteiger partial charge in [-0.15, -0.1) is 0 Å². The van der Waals surface area contributed by atoms with Gasteiger partial charge in [-0.1, -0.05) is 30.3 Å². The van der Waals surface area contributed by atoms with Crippen LogP contribution in [-0.4, -0.2) is 17.6 Å². The van der Waals surface area contributed by atoms with Crippen LogP contribution in [0.2, 0.25) is 0 Å². The number of aryl methyl sites for hydroxylation is 1. The van der Waals surface area contributed by atoms with Crippen LogP contribution in [0.4, 0.5) is 5.69 Å². The molecule has 0 aliphatic rings. The Labute approximate surface area is 167 Å². The Morgan fingerprint density at radius 3 is 2.66 bits per heavy atom. The van der Waals surface area contributed by atoms with Crippen molar-refractivity contribution in [2.24, 2.45) is 0 Å². The maximum Gasteiger partial charge on any atom is 0.291 e. The molecule has 0 bridgehead atoms. The molecule has 2 aromatic heterocycles. The second kappa shape index (κ2) is 6.71. The lowest BCUT2D eigenvalue weighted by atomic mass is 10.1. The predicted molar refractivity (Wildman–Crippen MR) is 116 cm³/mol. The van der Waals surface area contributed by atoms with E-state index >= 15 is 0 Å². The molecule has 1 amide bonds. The molecule has 5 nitrogen and oxygen atoms in total. The lowest BCUT2D eigenvalue weighted by Gasteiger charge is -2.05. The number of amides is 1. The highest BCUT2D eigenvalue weighted by Gasteiger charge is 2.16. The lowest BCUT2D eigenvalue weighted by Crippen LogP contribution is -2.10.